The van der Waals surface area contributed by atoms with Crippen LogP contribution in [0, 0.1) is 0 Å². The molecule has 0 heterocycles. The van der Waals surface area contributed by atoms with Gasteiger partial charge in [0.1, 0.15) is 5.75 Å². The van der Waals surface area contributed by atoms with Crippen molar-refractivity contribution in [2.45, 2.75) is 24.5 Å². The lowest BCUT2D eigenvalue weighted by molar-refractivity contribution is -0.153. The Morgan fingerprint density at radius 2 is 1.80 bits per heavy atom. The zero-order valence-corrected chi connectivity index (χ0v) is 14.4. The number of amides is 1. The minimum atomic E-state index is -4.36. The molecule has 1 amide bonds. The number of carbonyl (C=O) groups is 1. The summed E-state index contributed by atoms with van der Waals surface area (Å²) in [6.45, 7) is 0.972. The first-order valence-corrected chi connectivity index (χ1v) is 8.66. The van der Waals surface area contributed by atoms with Crippen molar-refractivity contribution in [3.05, 3.63) is 59.7 Å². The minimum Gasteiger partial charge on any atom is -0.484 e. The fourth-order valence-corrected chi connectivity index (χ4v) is 2.88. The predicted molar refractivity (Wildman–Crippen MR) is 92.0 cm³/mol. The maximum absolute atomic E-state index is 12.3. The maximum atomic E-state index is 12.3. The number of thioether (sulfide) groups is 1. The van der Waals surface area contributed by atoms with E-state index in [0.29, 0.717) is 5.56 Å². The normalized spacial score (nSPS) is 11.2. The zero-order valence-electron chi connectivity index (χ0n) is 13.6. The first-order valence-electron chi connectivity index (χ1n) is 7.67. The van der Waals surface area contributed by atoms with Gasteiger partial charge in [-0.2, -0.15) is 13.2 Å². The van der Waals surface area contributed by atoms with Crippen LogP contribution in [0.25, 0.3) is 0 Å². The topological polar surface area (TPSA) is 38.3 Å². The monoisotopic (exact) mass is 369 g/mol. The number of ether oxygens (including phenoxy) is 1. The molecule has 2 rings (SSSR count). The van der Waals surface area contributed by atoms with Gasteiger partial charge in [0, 0.05) is 11.4 Å². The molecule has 2 aromatic rings. The van der Waals surface area contributed by atoms with Crippen LogP contribution in [0.1, 0.15) is 22.8 Å². The summed E-state index contributed by atoms with van der Waals surface area (Å²) in [5.41, 5.74) is 1.38. The average molecular weight is 369 g/mol. The number of hydrogen-bond acceptors (Lipinski definition) is 3. The number of nitrogens with one attached hydrogen (secondary N) is 1. The molecule has 0 aliphatic rings. The van der Waals surface area contributed by atoms with Crippen molar-refractivity contribution >= 4 is 17.7 Å². The Kier molecular flexibility index (Phi) is 6.75. The second-order valence-electron chi connectivity index (χ2n) is 5.16. The molecule has 3 nitrogen and oxygen atoms in total. The zero-order chi connectivity index (χ0) is 18.3. The molecule has 1 N–H and O–H groups in total. The van der Waals surface area contributed by atoms with Crippen molar-refractivity contribution in [2.75, 3.05) is 12.4 Å². The standard InChI is InChI=1S/C18H18F3NO2S/c1-2-25-16-6-4-3-5-15(16)17(23)22-11-13-7-9-14(10-8-13)24-12-18(19,20)21/h3-10H,2,11-12H2,1H3,(H,22,23). The average Bonchev–Trinajstić information content (AvgIpc) is 2.59. The molecule has 7 heteroatoms. The molecule has 134 valence electrons. The van der Waals surface area contributed by atoms with Gasteiger partial charge >= 0.3 is 6.18 Å². The van der Waals surface area contributed by atoms with Crippen LogP contribution in [0.4, 0.5) is 13.2 Å². The van der Waals surface area contributed by atoms with Crippen molar-refractivity contribution < 1.29 is 22.7 Å². The van der Waals surface area contributed by atoms with Gasteiger partial charge in [-0.3, -0.25) is 4.79 Å². The molecule has 0 saturated heterocycles. The van der Waals surface area contributed by atoms with E-state index in [9.17, 15) is 18.0 Å². The number of hydrogen-bond donors (Lipinski definition) is 1. The summed E-state index contributed by atoms with van der Waals surface area (Å²) in [5, 5.41) is 2.82. The number of alkyl halides is 3. The number of rotatable bonds is 7. The molecule has 0 spiro atoms. The fraction of sp³-hybridized carbons (Fsp3) is 0.278. The molecule has 25 heavy (non-hydrogen) atoms. The SMILES string of the molecule is CCSc1ccccc1C(=O)NCc1ccc(OCC(F)(F)F)cc1. The van der Waals surface area contributed by atoms with Crippen molar-refractivity contribution in [1.29, 1.82) is 0 Å². The second-order valence-corrected chi connectivity index (χ2v) is 6.47. The number of halogens is 3. The number of benzene rings is 2. The van der Waals surface area contributed by atoms with Crippen LogP contribution in [0.15, 0.2) is 53.4 Å². The molecule has 0 aliphatic heterocycles. The lowest BCUT2D eigenvalue weighted by atomic mass is 10.2. The Morgan fingerprint density at radius 1 is 1.12 bits per heavy atom. The van der Waals surface area contributed by atoms with Crippen LogP contribution < -0.4 is 10.1 Å². The summed E-state index contributed by atoms with van der Waals surface area (Å²) in [7, 11) is 0. The van der Waals surface area contributed by atoms with Gasteiger partial charge in [0.15, 0.2) is 6.61 Å². The molecular formula is C18H18F3NO2S. The van der Waals surface area contributed by atoms with Crippen molar-refractivity contribution in [1.82, 2.24) is 5.32 Å². The summed E-state index contributed by atoms with van der Waals surface area (Å²) < 4.78 is 41.0. The Labute approximate surface area is 148 Å². The largest absolute Gasteiger partial charge is 0.484 e. The van der Waals surface area contributed by atoms with Crippen LogP contribution in [0.2, 0.25) is 0 Å². The smallest absolute Gasteiger partial charge is 0.422 e. The molecule has 0 bridgehead atoms. The Bertz CT molecular complexity index is 702. The number of carbonyl (C=O) groups excluding carboxylic acids is 1. The van der Waals surface area contributed by atoms with E-state index in [1.807, 2.05) is 19.1 Å². The summed E-state index contributed by atoms with van der Waals surface area (Å²) in [5.74, 6) is 0.815. The van der Waals surface area contributed by atoms with Gasteiger partial charge in [0.05, 0.1) is 5.56 Å². The van der Waals surface area contributed by atoms with Crippen LogP contribution in [-0.4, -0.2) is 24.4 Å². The van der Waals surface area contributed by atoms with E-state index in [0.717, 1.165) is 16.2 Å². The molecule has 0 unspecified atom stereocenters. The third-order valence-corrected chi connectivity index (χ3v) is 4.17. The van der Waals surface area contributed by atoms with Crippen LogP contribution in [-0.2, 0) is 6.54 Å². The molecular weight excluding hydrogens is 351 g/mol. The van der Waals surface area contributed by atoms with Gasteiger partial charge in [0.2, 0.25) is 0 Å². The van der Waals surface area contributed by atoms with Crippen molar-refractivity contribution in [2.24, 2.45) is 0 Å². The highest BCUT2D eigenvalue weighted by Crippen LogP contribution is 2.22. The first-order chi connectivity index (χ1) is 11.9. The van der Waals surface area contributed by atoms with E-state index in [1.54, 1.807) is 36.0 Å². The van der Waals surface area contributed by atoms with Crippen LogP contribution >= 0.6 is 11.8 Å². The van der Waals surface area contributed by atoms with E-state index in [4.69, 9.17) is 0 Å². The lowest BCUT2D eigenvalue weighted by Crippen LogP contribution is -2.23. The van der Waals surface area contributed by atoms with Crippen molar-refractivity contribution in [3.63, 3.8) is 0 Å². The summed E-state index contributed by atoms with van der Waals surface area (Å²) in [4.78, 5) is 13.2. The van der Waals surface area contributed by atoms with E-state index in [-0.39, 0.29) is 18.2 Å². The third-order valence-electron chi connectivity index (χ3n) is 3.21. The molecule has 0 atom stereocenters. The van der Waals surface area contributed by atoms with Gasteiger partial charge in [-0.05, 0) is 35.6 Å². The third kappa shape index (κ3) is 6.34. The van der Waals surface area contributed by atoms with E-state index < -0.39 is 12.8 Å². The maximum Gasteiger partial charge on any atom is 0.422 e. The molecule has 0 saturated carbocycles. The first kappa shape index (κ1) is 19.2. The molecule has 0 fully saturated rings. The summed E-state index contributed by atoms with van der Waals surface area (Å²) in [6.07, 6.45) is -4.36. The molecule has 0 radical (unpaired) electrons. The summed E-state index contributed by atoms with van der Waals surface area (Å²) >= 11 is 1.59. The van der Waals surface area contributed by atoms with E-state index >= 15 is 0 Å². The molecule has 0 aliphatic carbocycles. The molecule has 0 aromatic heterocycles. The highest BCUT2D eigenvalue weighted by atomic mass is 32.2. The second kappa shape index (κ2) is 8.80. The highest BCUT2D eigenvalue weighted by molar-refractivity contribution is 7.99. The summed E-state index contributed by atoms with van der Waals surface area (Å²) in [6, 6.07) is 13.5. The van der Waals surface area contributed by atoms with Crippen LogP contribution in [0.3, 0.4) is 0 Å². The fourth-order valence-electron chi connectivity index (χ4n) is 2.08. The quantitative estimate of drug-likeness (QED) is 0.721. The van der Waals surface area contributed by atoms with Gasteiger partial charge < -0.3 is 10.1 Å². The van der Waals surface area contributed by atoms with E-state index in [2.05, 4.69) is 10.1 Å². The van der Waals surface area contributed by atoms with Crippen molar-refractivity contribution in [3.8, 4) is 5.75 Å². The molecule has 2 aromatic carbocycles. The Hall–Kier alpha value is -2.15. The predicted octanol–water partition coefficient (Wildman–Crippen LogP) is 4.67. The van der Waals surface area contributed by atoms with Gasteiger partial charge in [-0.15, -0.1) is 11.8 Å². The Balaban J connectivity index is 1.92. The van der Waals surface area contributed by atoms with E-state index in [1.165, 1.54) is 12.1 Å². The van der Waals surface area contributed by atoms with Gasteiger partial charge in [-0.25, -0.2) is 0 Å². The minimum absolute atomic E-state index is 0.136. The highest BCUT2D eigenvalue weighted by Gasteiger charge is 2.28. The lowest BCUT2D eigenvalue weighted by Gasteiger charge is -2.11. The van der Waals surface area contributed by atoms with Crippen LogP contribution in [0.5, 0.6) is 5.75 Å². The van der Waals surface area contributed by atoms with Gasteiger partial charge in [-0.1, -0.05) is 31.2 Å². The Morgan fingerprint density at radius 3 is 2.44 bits per heavy atom. The van der Waals surface area contributed by atoms with Gasteiger partial charge in [0.25, 0.3) is 5.91 Å².